The molecule has 0 spiro atoms. The molecule has 0 radical (unpaired) electrons. The first-order valence-electron chi connectivity index (χ1n) is 13.9. The van der Waals surface area contributed by atoms with Gasteiger partial charge in [0, 0.05) is 5.92 Å². The van der Waals surface area contributed by atoms with Crippen LogP contribution in [0.25, 0.3) is 39.1 Å². The van der Waals surface area contributed by atoms with Crippen LogP contribution in [0.4, 0.5) is 0 Å². The number of allylic oxidation sites excluding steroid dienone is 1. The van der Waals surface area contributed by atoms with Gasteiger partial charge in [0.15, 0.2) is 0 Å². The number of aryl methyl sites for hydroxylation is 2. The van der Waals surface area contributed by atoms with Crippen molar-refractivity contribution in [1.82, 2.24) is 0 Å². The van der Waals surface area contributed by atoms with Crippen molar-refractivity contribution in [3.8, 4) is 22.3 Å². The van der Waals surface area contributed by atoms with E-state index in [1.807, 2.05) is 0 Å². The highest BCUT2D eigenvalue weighted by Gasteiger charge is 2.32. The predicted octanol–water partition coefficient (Wildman–Crippen LogP) is 9.51. The van der Waals surface area contributed by atoms with E-state index in [0.29, 0.717) is 5.92 Å². The lowest BCUT2D eigenvalue weighted by molar-refractivity contribution is 0.824. The minimum atomic E-state index is 0.343. The summed E-state index contributed by atoms with van der Waals surface area (Å²) in [6.45, 7) is 2.32. The third kappa shape index (κ3) is 3.02. The van der Waals surface area contributed by atoms with Crippen molar-refractivity contribution in [3.63, 3.8) is 0 Å². The molecule has 0 heterocycles. The summed E-state index contributed by atoms with van der Waals surface area (Å²) in [6.07, 6.45) is 8.24. The van der Waals surface area contributed by atoms with E-state index in [1.165, 1.54) is 91.2 Å². The molecule has 0 aromatic heterocycles. The molecule has 0 nitrogen and oxygen atoms in total. The van der Waals surface area contributed by atoms with Gasteiger partial charge in [-0.3, -0.25) is 0 Å². The van der Waals surface area contributed by atoms with E-state index in [4.69, 9.17) is 0 Å². The highest BCUT2D eigenvalue weighted by atomic mass is 14.4. The Morgan fingerprint density at radius 1 is 0.622 bits per heavy atom. The maximum absolute atomic E-state index is 2.55. The van der Waals surface area contributed by atoms with E-state index >= 15 is 0 Å². The molecule has 0 N–H and O–H groups in total. The number of fused-ring (bicyclic) bond motifs is 4. The minimum absolute atomic E-state index is 0.343. The second kappa shape index (κ2) is 8.05. The van der Waals surface area contributed by atoms with Crippen molar-refractivity contribution in [3.05, 3.63) is 136 Å². The molecule has 0 fully saturated rings. The van der Waals surface area contributed by atoms with Crippen molar-refractivity contribution in [1.29, 1.82) is 0 Å². The Kier molecular flexibility index (Phi) is 4.62. The molecule has 0 bridgehead atoms. The van der Waals surface area contributed by atoms with Gasteiger partial charge in [-0.1, -0.05) is 116 Å². The van der Waals surface area contributed by atoms with Gasteiger partial charge in [-0.05, 0) is 97.7 Å². The predicted molar refractivity (Wildman–Crippen MR) is 156 cm³/mol. The van der Waals surface area contributed by atoms with Gasteiger partial charge in [-0.2, -0.15) is 0 Å². The van der Waals surface area contributed by atoms with Gasteiger partial charge in [-0.25, -0.2) is 0 Å². The summed E-state index contributed by atoms with van der Waals surface area (Å²) >= 11 is 0. The van der Waals surface area contributed by atoms with Gasteiger partial charge in [-0.15, -0.1) is 0 Å². The maximum atomic E-state index is 2.55. The van der Waals surface area contributed by atoms with Crippen molar-refractivity contribution in [2.24, 2.45) is 0 Å². The Bertz CT molecular complexity index is 1750. The van der Waals surface area contributed by atoms with Crippen molar-refractivity contribution >= 4 is 16.8 Å². The average molecular weight is 475 g/mol. The van der Waals surface area contributed by atoms with Crippen LogP contribution in [-0.4, -0.2) is 0 Å². The quantitative estimate of drug-likeness (QED) is 0.239. The molecular formula is C37H30. The standard InChI is InChI=1S/C37H30/c1-2-8-26-22-35-29(30-20-19-24-18-17-23-10-5-14-31(30)36(23)24)13-7-16-33(35)37(26)32-15-6-12-28-27-11-4-3-9-25(27)21-34(28)32/h3-7,9-16,19-20,22,37H,2,8,17-18,21H2,1H3. The molecule has 0 saturated carbocycles. The van der Waals surface area contributed by atoms with Crippen molar-refractivity contribution in [2.75, 3.05) is 0 Å². The summed E-state index contributed by atoms with van der Waals surface area (Å²) in [7, 11) is 0. The fourth-order valence-corrected chi connectivity index (χ4v) is 7.51. The summed E-state index contributed by atoms with van der Waals surface area (Å²) in [5.41, 5.74) is 17.6. The van der Waals surface area contributed by atoms with Crippen LogP contribution < -0.4 is 0 Å². The van der Waals surface area contributed by atoms with Gasteiger partial charge in [0.05, 0.1) is 0 Å². The molecule has 0 saturated heterocycles. The van der Waals surface area contributed by atoms with E-state index in [9.17, 15) is 0 Å². The molecule has 5 aromatic carbocycles. The van der Waals surface area contributed by atoms with E-state index in [1.54, 1.807) is 5.57 Å². The Hall–Kier alpha value is -3.90. The van der Waals surface area contributed by atoms with Crippen LogP contribution in [-0.2, 0) is 19.3 Å². The fraction of sp³-hybridized carbons (Fsp3) is 0.189. The van der Waals surface area contributed by atoms with Gasteiger partial charge in [0.25, 0.3) is 0 Å². The topological polar surface area (TPSA) is 0 Å². The zero-order valence-electron chi connectivity index (χ0n) is 21.4. The number of hydrogen-bond donors (Lipinski definition) is 0. The molecule has 1 unspecified atom stereocenters. The number of hydrogen-bond acceptors (Lipinski definition) is 0. The lowest BCUT2D eigenvalue weighted by Crippen LogP contribution is -2.05. The first-order valence-corrected chi connectivity index (χ1v) is 13.9. The summed E-state index contributed by atoms with van der Waals surface area (Å²) in [6, 6.07) is 34.7. The summed E-state index contributed by atoms with van der Waals surface area (Å²) < 4.78 is 0. The van der Waals surface area contributed by atoms with Crippen LogP contribution in [0, 0.1) is 0 Å². The van der Waals surface area contributed by atoms with E-state index < -0.39 is 0 Å². The van der Waals surface area contributed by atoms with Crippen molar-refractivity contribution < 1.29 is 0 Å². The normalized spacial score (nSPS) is 16.6. The Balaban J connectivity index is 1.33. The SMILES string of the molecule is CCCC1=Cc2c(-c3ccc4c5c(cccc35)CC4)cccc2C1c1cccc2c1Cc1ccccc1-2. The Morgan fingerprint density at radius 3 is 2.24 bits per heavy atom. The zero-order valence-corrected chi connectivity index (χ0v) is 21.4. The Labute approximate surface area is 219 Å². The maximum Gasteiger partial charge on any atom is 0.0311 e. The molecule has 0 heteroatoms. The van der Waals surface area contributed by atoms with Gasteiger partial charge in [0.1, 0.15) is 0 Å². The van der Waals surface area contributed by atoms with Gasteiger partial charge < -0.3 is 0 Å². The molecule has 178 valence electrons. The fourth-order valence-electron chi connectivity index (χ4n) is 7.51. The van der Waals surface area contributed by atoms with Crippen LogP contribution in [0.1, 0.15) is 64.6 Å². The zero-order chi connectivity index (χ0) is 24.5. The smallest absolute Gasteiger partial charge is 0.0311 e. The van der Waals surface area contributed by atoms with Crippen LogP contribution in [0.3, 0.4) is 0 Å². The highest BCUT2D eigenvalue weighted by molar-refractivity contribution is 6.03. The second-order valence-corrected chi connectivity index (χ2v) is 11.0. The summed E-state index contributed by atoms with van der Waals surface area (Å²) in [5, 5.41) is 2.93. The molecular weight excluding hydrogens is 444 g/mol. The summed E-state index contributed by atoms with van der Waals surface area (Å²) in [4.78, 5) is 0. The van der Waals surface area contributed by atoms with Crippen LogP contribution in [0.15, 0.2) is 96.6 Å². The highest BCUT2D eigenvalue weighted by Crippen LogP contribution is 2.50. The monoisotopic (exact) mass is 474 g/mol. The molecule has 0 aliphatic heterocycles. The third-order valence-electron chi connectivity index (χ3n) is 9.06. The molecule has 37 heavy (non-hydrogen) atoms. The van der Waals surface area contributed by atoms with Crippen LogP contribution in [0.5, 0.6) is 0 Å². The third-order valence-corrected chi connectivity index (χ3v) is 9.06. The molecule has 0 amide bonds. The van der Waals surface area contributed by atoms with E-state index in [0.717, 1.165) is 12.8 Å². The molecule has 3 aliphatic rings. The second-order valence-electron chi connectivity index (χ2n) is 11.0. The molecule has 1 atom stereocenters. The molecule has 8 rings (SSSR count). The lowest BCUT2D eigenvalue weighted by Gasteiger charge is -2.21. The minimum Gasteiger partial charge on any atom is -0.0651 e. The number of benzene rings is 5. The van der Waals surface area contributed by atoms with Crippen LogP contribution >= 0.6 is 0 Å². The molecule has 3 aliphatic carbocycles. The molecule has 5 aromatic rings. The van der Waals surface area contributed by atoms with E-state index in [2.05, 4.69) is 104 Å². The Morgan fingerprint density at radius 2 is 1.35 bits per heavy atom. The first-order chi connectivity index (χ1) is 18.3. The first kappa shape index (κ1) is 21.2. The van der Waals surface area contributed by atoms with Crippen molar-refractivity contribution in [2.45, 2.75) is 44.9 Å². The van der Waals surface area contributed by atoms with E-state index in [-0.39, 0.29) is 0 Å². The number of rotatable bonds is 4. The van der Waals surface area contributed by atoms with Gasteiger partial charge >= 0.3 is 0 Å². The summed E-state index contributed by atoms with van der Waals surface area (Å²) in [5.74, 6) is 0.343. The van der Waals surface area contributed by atoms with Gasteiger partial charge in [0.2, 0.25) is 0 Å². The average Bonchev–Trinajstić information content (AvgIpc) is 3.63. The van der Waals surface area contributed by atoms with Crippen LogP contribution in [0.2, 0.25) is 0 Å². The lowest BCUT2D eigenvalue weighted by atomic mass is 9.82. The largest absolute Gasteiger partial charge is 0.0651 e.